The molecule has 0 aliphatic heterocycles. The van der Waals surface area contributed by atoms with Gasteiger partial charge in [-0.1, -0.05) is 30.0 Å². The van der Waals surface area contributed by atoms with Crippen molar-refractivity contribution < 1.29 is 26.3 Å². The molecule has 0 aliphatic rings. The van der Waals surface area contributed by atoms with Crippen LogP contribution in [0.25, 0.3) is 11.3 Å². The van der Waals surface area contributed by atoms with Crippen LogP contribution < -0.4 is 0 Å². The van der Waals surface area contributed by atoms with Gasteiger partial charge in [-0.25, -0.2) is 4.98 Å². The Balaban J connectivity index is 1.59. The van der Waals surface area contributed by atoms with Crippen molar-refractivity contribution >= 4 is 34.4 Å². The molecule has 0 N–H and O–H groups in total. The first kappa shape index (κ1) is 23.7. The molecule has 4 aromatic rings. The van der Waals surface area contributed by atoms with Crippen LogP contribution in [0.1, 0.15) is 21.7 Å². The van der Waals surface area contributed by atoms with Crippen molar-refractivity contribution in [2.75, 3.05) is 0 Å². The van der Waals surface area contributed by atoms with Crippen molar-refractivity contribution in [1.82, 2.24) is 15.2 Å². The molecule has 0 saturated carbocycles. The fourth-order valence-electron chi connectivity index (χ4n) is 2.99. The number of hydrogen-bond acceptors (Lipinski definition) is 6. The largest absolute Gasteiger partial charge is 0.416 e. The summed E-state index contributed by atoms with van der Waals surface area (Å²) >= 11 is 3.94. The third kappa shape index (κ3) is 5.92. The molecular weight excluding hydrogens is 504 g/mol. The van der Waals surface area contributed by atoms with Crippen molar-refractivity contribution in [1.29, 1.82) is 0 Å². The SMILES string of the molecule is FC(F)(F)c1cc(-c2csc(Sc3ccccc3CCc3nncs3)n2)cc(C(F)(F)F)c1. The maximum atomic E-state index is 13.2. The van der Waals surface area contributed by atoms with Crippen LogP contribution in [0.5, 0.6) is 0 Å². The number of rotatable bonds is 6. The molecule has 0 amide bonds. The fraction of sp³-hybridized carbons (Fsp3) is 0.190. The van der Waals surface area contributed by atoms with Gasteiger partial charge in [0.05, 0.1) is 16.8 Å². The Morgan fingerprint density at radius 3 is 2.18 bits per heavy atom. The number of hydrogen-bond donors (Lipinski definition) is 0. The van der Waals surface area contributed by atoms with Gasteiger partial charge in [-0.05, 0) is 36.2 Å². The zero-order valence-corrected chi connectivity index (χ0v) is 18.9. The van der Waals surface area contributed by atoms with Gasteiger partial charge in [0.25, 0.3) is 0 Å². The summed E-state index contributed by atoms with van der Waals surface area (Å²) in [4.78, 5) is 5.21. The van der Waals surface area contributed by atoms with E-state index >= 15 is 0 Å². The Bertz CT molecular complexity index is 1200. The number of nitrogens with zero attached hydrogens (tertiary/aromatic N) is 3. The van der Waals surface area contributed by atoms with Gasteiger partial charge in [0.1, 0.15) is 10.5 Å². The van der Waals surface area contributed by atoms with E-state index in [4.69, 9.17) is 0 Å². The molecule has 0 unspecified atom stereocenters. The first-order chi connectivity index (χ1) is 15.6. The van der Waals surface area contributed by atoms with Gasteiger partial charge in [-0.3, -0.25) is 0 Å². The molecule has 2 aromatic heterocycles. The predicted octanol–water partition coefficient (Wildman–Crippen LogP) is 7.64. The number of aromatic nitrogens is 3. The van der Waals surface area contributed by atoms with E-state index in [1.54, 1.807) is 5.51 Å². The van der Waals surface area contributed by atoms with Crippen molar-refractivity contribution in [3.8, 4) is 11.3 Å². The first-order valence-corrected chi connectivity index (χ1v) is 11.9. The number of thiazole rings is 1. The van der Waals surface area contributed by atoms with E-state index in [1.807, 2.05) is 24.3 Å². The summed E-state index contributed by atoms with van der Waals surface area (Å²) in [6.45, 7) is 0. The minimum Gasteiger partial charge on any atom is -0.229 e. The molecule has 2 heterocycles. The van der Waals surface area contributed by atoms with E-state index in [9.17, 15) is 26.3 Å². The maximum absolute atomic E-state index is 13.2. The average Bonchev–Trinajstić information content (AvgIpc) is 3.44. The van der Waals surface area contributed by atoms with Crippen LogP contribution in [0.2, 0.25) is 0 Å². The van der Waals surface area contributed by atoms with Crippen molar-refractivity contribution in [2.45, 2.75) is 34.4 Å². The smallest absolute Gasteiger partial charge is 0.229 e. The lowest BCUT2D eigenvalue weighted by Gasteiger charge is -2.13. The van der Waals surface area contributed by atoms with Crippen LogP contribution in [0.4, 0.5) is 26.3 Å². The van der Waals surface area contributed by atoms with Gasteiger partial charge in [0, 0.05) is 22.3 Å². The van der Waals surface area contributed by atoms with E-state index in [0.717, 1.165) is 26.8 Å². The van der Waals surface area contributed by atoms with Crippen molar-refractivity contribution in [3.63, 3.8) is 0 Å². The highest BCUT2D eigenvalue weighted by Gasteiger charge is 2.37. The summed E-state index contributed by atoms with van der Waals surface area (Å²) in [5, 5.41) is 10.2. The monoisotopic (exact) mass is 517 g/mol. The highest BCUT2D eigenvalue weighted by molar-refractivity contribution is 8.01. The molecule has 12 heteroatoms. The van der Waals surface area contributed by atoms with Gasteiger partial charge in [-0.2, -0.15) is 26.3 Å². The van der Waals surface area contributed by atoms with E-state index in [0.29, 0.717) is 29.3 Å². The zero-order chi connectivity index (χ0) is 23.6. The Hall–Kier alpha value is -2.44. The Morgan fingerprint density at radius 2 is 1.55 bits per heavy atom. The van der Waals surface area contributed by atoms with E-state index in [1.165, 1.54) is 28.5 Å². The molecular formula is C21H13F6N3S3. The van der Waals surface area contributed by atoms with Crippen LogP contribution in [0, 0.1) is 0 Å². The molecule has 0 fully saturated rings. The lowest BCUT2D eigenvalue weighted by molar-refractivity contribution is -0.143. The second kappa shape index (κ2) is 9.43. The van der Waals surface area contributed by atoms with Gasteiger partial charge in [0.2, 0.25) is 0 Å². The lowest BCUT2D eigenvalue weighted by atomic mass is 10.0. The van der Waals surface area contributed by atoms with Crippen LogP contribution in [-0.4, -0.2) is 15.2 Å². The third-order valence-corrected chi connectivity index (χ3v) is 7.36. The predicted molar refractivity (Wildman–Crippen MR) is 115 cm³/mol. The molecule has 0 saturated heterocycles. The number of halogens is 6. The van der Waals surface area contributed by atoms with Crippen molar-refractivity contribution in [3.05, 3.63) is 75.1 Å². The summed E-state index contributed by atoms with van der Waals surface area (Å²) in [7, 11) is 0. The summed E-state index contributed by atoms with van der Waals surface area (Å²) in [6, 6.07) is 9.10. The number of alkyl halides is 6. The fourth-order valence-corrected chi connectivity index (χ4v) is 5.46. The minimum absolute atomic E-state index is 0.0606. The highest BCUT2D eigenvalue weighted by atomic mass is 32.2. The van der Waals surface area contributed by atoms with E-state index < -0.39 is 23.5 Å². The minimum atomic E-state index is -4.91. The molecule has 0 bridgehead atoms. The summed E-state index contributed by atoms with van der Waals surface area (Å²) < 4.78 is 79.5. The standard InChI is InChI=1S/C21H13F6N3S3/c22-20(23,24)14-7-13(8-15(9-14)21(25,26)27)16-10-31-19(29-16)33-17-4-2-1-3-12(17)5-6-18-30-28-11-32-18/h1-4,7-11H,5-6H2. The highest BCUT2D eigenvalue weighted by Crippen LogP contribution is 2.40. The molecule has 0 aliphatic carbocycles. The second-order valence-corrected chi connectivity index (χ2v) is 9.90. The topological polar surface area (TPSA) is 38.7 Å². The van der Waals surface area contributed by atoms with Crippen LogP contribution in [-0.2, 0) is 25.2 Å². The van der Waals surface area contributed by atoms with Crippen LogP contribution in [0.15, 0.2) is 62.6 Å². The second-order valence-electron chi connectivity index (χ2n) is 6.84. The summed E-state index contributed by atoms with van der Waals surface area (Å²) in [5.41, 5.74) is -0.207. The summed E-state index contributed by atoms with van der Waals surface area (Å²) in [6.07, 6.45) is -8.40. The maximum Gasteiger partial charge on any atom is 0.416 e. The Labute approximate surface area is 196 Å². The molecule has 4 rings (SSSR count). The van der Waals surface area contributed by atoms with Crippen LogP contribution in [0.3, 0.4) is 0 Å². The van der Waals surface area contributed by atoms with Gasteiger partial charge in [0.15, 0.2) is 4.34 Å². The van der Waals surface area contributed by atoms with Gasteiger partial charge in [-0.15, -0.1) is 32.9 Å². The molecule has 0 radical (unpaired) electrons. The van der Waals surface area contributed by atoms with E-state index in [2.05, 4.69) is 15.2 Å². The van der Waals surface area contributed by atoms with Gasteiger partial charge >= 0.3 is 12.4 Å². The third-order valence-electron chi connectivity index (χ3n) is 4.55. The molecule has 0 spiro atoms. The summed E-state index contributed by atoms with van der Waals surface area (Å²) in [5.74, 6) is 0. The van der Waals surface area contributed by atoms with E-state index in [-0.39, 0.29) is 17.3 Å². The number of aryl methyl sites for hydroxylation is 2. The van der Waals surface area contributed by atoms with Crippen LogP contribution >= 0.6 is 34.4 Å². The Kier molecular flexibility index (Phi) is 6.78. The Morgan fingerprint density at radius 1 is 0.848 bits per heavy atom. The average molecular weight is 518 g/mol. The molecule has 2 aromatic carbocycles. The molecule has 3 nitrogen and oxygen atoms in total. The number of benzene rings is 2. The zero-order valence-electron chi connectivity index (χ0n) is 16.4. The first-order valence-electron chi connectivity index (χ1n) is 9.36. The molecule has 172 valence electrons. The normalized spacial score (nSPS) is 12.3. The molecule has 0 atom stereocenters. The van der Waals surface area contributed by atoms with Crippen molar-refractivity contribution in [2.24, 2.45) is 0 Å². The quantitative estimate of drug-likeness (QED) is 0.247. The van der Waals surface area contributed by atoms with Gasteiger partial charge < -0.3 is 0 Å². The molecule has 33 heavy (non-hydrogen) atoms. The lowest BCUT2D eigenvalue weighted by Crippen LogP contribution is -2.11.